The lowest BCUT2D eigenvalue weighted by atomic mass is 10.0. The maximum Gasteiger partial charge on any atom is 0.326 e. The Morgan fingerprint density at radius 3 is 2.74 bits per heavy atom. The molecule has 0 aromatic carbocycles. The van der Waals surface area contributed by atoms with Crippen LogP contribution in [0.5, 0.6) is 0 Å². The van der Waals surface area contributed by atoms with Gasteiger partial charge in [0.05, 0.1) is 12.4 Å². The van der Waals surface area contributed by atoms with E-state index in [-0.39, 0.29) is 5.91 Å². The third kappa shape index (κ3) is 5.82. The number of methoxy groups -OCH3 is 1. The molecule has 0 bridgehead atoms. The van der Waals surface area contributed by atoms with Crippen LogP contribution in [0.25, 0.3) is 0 Å². The van der Waals surface area contributed by atoms with E-state index in [1.165, 1.54) is 11.8 Å². The summed E-state index contributed by atoms with van der Waals surface area (Å²) in [7, 11) is 1.63. The second-order valence-corrected chi connectivity index (χ2v) is 5.79. The number of carbonyl (C=O) groups excluding carboxylic acids is 1. The van der Waals surface area contributed by atoms with Gasteiger partial charge in [0.25, 0.3) is 0 Å². The molecule has 6 heteroatoms. The van der Waals surface area contributed by atoms with E-state index in [0.29, 0.717) is 25.3 Å². The van der Waals surface area contributed by atoms with E-state index in [4.69, 9.17) is 4.74 Å². The molecule has 0 aromatic rings. The van der Waals surface area contributed by atoms with E-state index >= 15 is 0 Å². The fourth-order valence-electron chi connectivity index (χ4n) is 2.23. The molecule has 1 amide bonds. The second-order valence-electron chi connectivity index (χ2n) is 4.69. The molecule has 1 heterocycles. The molecule has 1 N–H and O–H groups in total. The predicted molar refractivity (Wildman–Crippen MR) is 75.4 cm³/mol. The van der Waals surface area contributed by atoms with Crippen molar-refractivity contribution in [2.45, 2.75) is 38.1 Å². The monoisotopic (exact) mass is 289 g/mol. The summed E-state index contributed by atoms with van der Waals surface area (Å²) >= 11 is 1.50. The van der Waals surface area contributed by atoms with Crippen LogP contribution >= 0.6 is 11.8 Å². The molecule has 0 aliphatic carbocycles. The van der Waals surface area contributed by atoms with Crippen molar-refractivity contribution in [3.05, 3.63) is 0 Å². The van der Waals surface area contributed by atoms with Crippen molar-refractivity contribution < 1.29 is 19.4 Å². The fourth-order valence-corrected chi connectivity index (χ4v) is 2.99. The van der Waals surface area contributed by atoms with Crippen molar-refractivity contribution in [3.8, 4) is 0 Å². The highest BCUT2D eigenvalue weighted by Gasteiger charge is 2.29. The van der Waals surface area contributed by atoms with Crippen molar-refractivity contribution in [1.82, 2.24) is 4.90 Å². The van der Waals surface area contributed by atoms with Crippen LogP contribution in [0.15, 0.2) is 0 Å². The molecule has 1 aliphatic rings. The van der Waals surface area contributed by atoms with Gasteiger partial charge in [0.15, 0.2) is 0 Å². The molecule has 19 heavy (non-hydrogen) atoms. The van der Waals surface area contributed by atoms with Crippen LogP contribution in [0.2, 0.25) is 0 Å². The summed E-state index contributed by atoms with van der Waals surface area (Å²) in [6.45, 7) is 1.18. The fraction of sp³-hybridized carbons (Fsp3) is 0.846. The summed E-state index contributed by atoms with van der Waals surface area (Å²) in [6.07, 6.45) is 4.50. The van der Waals surface area contributed by atoms with E-state index in [2.05, 4.69) is 0 Å². The molecule has 1 saturated heterocycles. The van der Waals surface area contributed by atoms with Crippen molar-refractivity contribution in [1.29, 1.82) is 0 Å². The molecule has 1 atom stereocenters. The molecule has 0 saturated carbocycles. The van der Waals surface area contributed by atoms with Gasteiger partial charge >= 0.3 is 5.97 Å². The SMILES string of the molecule is COCCSCC(=O)N1CCCCCCC1C(=O)O. The normalized spacial score (nSPS) is 20.7. The van der Waals surface area contributed by atoms with Crippen molar-refractivity contribution in [3.63, 3.8) is 0 Å². The van der Waals surface area contributed by atoms with Crippen LogP contribution in [0.1, 0.15) is 32.1 Å². The first kappa shape index (κ1) is 16.3. The number of likely N-dealkylation sites (tertiary alicyclic amines) is 1. The second kappa shape index (κ2) is 9.20. The molecule has 5 nitrogen and oxygen atoms in total. The average Bonchev–Trinajstić information content (AvgIpc) is 2.33. The highest BCUT2D eigenvalue weighted by Crippen LogP contribution is 2.18. The van der Waals surface area contributed by atoms with Gasteiger partial charge in [-0.25, -0.2) is 4.79 Å². The molecule has 1 unspecified atom stereocenters. The maximum absolute atomic E-state index is 12.1. The van der Waals surface area contributed by atoms with Gasteiger partial charge in [-0.15, -0.1) is 11.8 Å². The number of amides is 1. The number of rotatable bonds is 6. The minimum atomic E-state index is -0.878. The zero-order valence-corrected chi connectivity index (χ0v) is 12.3. The number of aliphatic carboxylic acids is 1. The molecular formula is C13H23NO4S. The Kier molecular flexibility index (Phi) is 7.90. The summed E-state index contributed by atoms with van der Waals surface area (Å²) in [5.74, 6) is 0.161. The number of carboxylic acids is 1. The van der Waals surface area contributed by atoms with Gasteiger partial charge in [-0.05, 0) is 12.8 Å². The third-order valence-corrected chi connectivity index (χ3v) is 4.17. The Bertz CT molecular complexity index is 298. The molecule has 0 radical (unpaired) electrons. The van der Waals surface area contributed by atoms with E-state index in [0.717, 1.165) is 31.4 Å². The summed E-state index contributed by atoms with van der Waals surface area (Å²) in [5.41, 5.74) is 0. The van der Waals surface area contributed by atoms with Crippen molar-refractivity contribution in [2.24, 2.45) is 0 Å². The van der Waals surface area contributed by atoms with E-state index in [1.807, 2.05) is 0 Å². The van der Waals surface area contributed by atoms with Crippen LogP contribution in [0.3, 0.4) is 0 Å². The Balaban J connectivity index is 2.52. The number of ether oxygens (including phenoxy) is 1. The zero-order chi connectivity index (χ0) is 14.1. The Morgan fingerprint density at radius 1 is 1.32 bits per heavy atom. The van der Waals surface area contributed by atoms with Gasteiger partial charge in [-0.1, -0.05) is 19.3 Å². The number of nitrogens with zero attached hydrogens (tertiary/aromatic N) is 1. The standard InChI is InChI=1S/C13H23NO4S/c1-18-8-9-19-10-12(15)14-7-5-3-2-4-6-11(14)13(16)17/h11H,2-10H2,1H3,(H,16,17). The van der Waals surface area contributed by atoms with Gasteiger partial charge in [0.2, 0.25) is 5.91 Å². The minimum absolute atomic E-state index is 0.0598. The van der Waals surface area contributed by atoms with Gasteiger partial charge in [-0.3, -0.25) is 4.79 Å². The quantitative estimate of drug-likeness (QED) is 0.753. The van der Waals surface area contributed by atoms with Crippen LogP contribution in [-0.2, 0) is 14.3 Å². The molecule has 0 spiro atoms. The van der Waals surface area contributed by atoms with Crippen LogP contribution in [0, 0.1) is 0 Å². The molecule has 1 aliphatic heterocycles. The molecular weight excluding hydrogens is 266 g/mol. The Hall–Kier alpha value is -0.750. The maximum atomic E-state index is 12.1. The number of hydrogen-bond donors (Lipinski definition) is 1. The van der Waals surface area contributed by atoms with Crippen LogP contribution in [0.4, 0.5) is 0 Å². The number of thioether (sulfide) groups is 1. The van der Waals surface area contributed by atoms with Crippen LogP contribution in [-0.4, -0.2) is 59.7 Å². The third-order valence-electron chi connectivity index (χ3n) is 3.27. The Morgan fingerprint density at radius 2 is 2.05 bits per heavy atom. The molecule has 0 aromatic heterocycles. The average molecular weight is 289 g/mol. The lowest BCUT2D eigenvalue weighted by molar-refractivity contribution is -0.150. The van der Waals surface area contributed by atoms with E-state index < -0.39 is 12.0 Å². The van der Waals surface area contributed by atoms with Gasteiger partial charge in [0.1, 0.15) is 6.04 Å². The van der Waals surface area contributed by atoms with Crippen molar-refractivity contribution in [2.75, 3.05) is 31.8 Å². The zero-order valence-electron chi connectivity index (χ0n) is 11.5. The highest BCUT2D eigenvalue weighted by atomic mass is 32.2. The van der Waals surface area contributed by atoms with Gasteiger partial charge < -0.3 is 14.7 Å². The summed E-state index contributed by atoms with van der Waals surface area (Å²) < 4.78 is 4.93. The largest absolute Gasteiger partial charge is 0.480 e. The molecule has 110 valence electrons. The predicted octanol–water partition coefficient (Wildman–Crippen LogP) is 1.61. The first-order valence-electron chi connectivity index (χ1n) is 6.75. The van der Waals surface area contributed by atoms with E-state index in [1.54, 1.807) is 12.0 Å². The first-order valence-corrected chi connectivity index (χ1v) is 7.91. The smallest absolute Gasteiger partial charge is 0.326 e. The summed E-state index contributed by atoms with van der Waals surface area (Å²) in [6, 6.07) is -0.643. The molecule has 1 fully saturated rings. The van der Waals surface area contributed by atoms with Gasteiger partial charge in [0, 0.05) is 19.4 Å². The summed E-state index contributed by atoms with van der Waals surface area (Å²) in [5, 5.41) is 9.26. The number of carbonyl (C=O) groups is 2. The van der Waals surface area contributed by atoms with Crippen molar-refractivity contribution >= 4 is 23.6 Å². The highest BCUT2D eigenvalue weighted by molar-refractivity contribution is 7.99. The topological polar surface area (TPSA) is 66.8 Å². The van der Waals surface area contributed by atoms with Gasteiger partial charge in [-0.2, -0.15) is 0 Å². The van der Waals surface area contributed by atoms with E-state index in [9.17, 15) is 14.7 Å². The number of hydrogen-bond acceptors (Lipinski definition) is 4. The minimum Gasteiger partial charge on any atom is -0.480 e. The van der Waals surface area contributed by atoms with Crippen LogP contribution < -0.4 is 0 Å². The lowest BCUT2D eigenvalue weighted by Crippen LogP contribution is -2.47. The lowest BCUT2D eigenvalue weighted by Gasteiger charge is -2.30. The first-order chi connectivity index (χ1) is 9.16. The Labute approximate surface area is 118 Å². The summed E-state index contributed by atoms with van der Waals surface area (Å²) in [4.78, 5) is 25.0. The molecule has 1 rings (SSSR count). The number of carboxylic acid groups (broad SMARTS) is 1.